The SMILES string of the molecule is CCNC(=NCC(C)(O)c1ccsc1)NCCCCCCC(=O)OCC.I. The third-order valence-corrected chi connectivity index (χ3v) is 4.62. The van der Waals surface area contributed by atoms with E-state index in [1.807, 2.05) is 30.7 Å². The van der Waals surface area contributed by atoms with Crippen molar-refractivity contribution < 1.29 is 14.6 Å². The summed E-state index contributed by atoms with van der Waals surface area (Å²) >= 11 is 1.57. The maximum absolute atomic E-state index is 11.3. The van der Waals surface area contributed by atoms with Gasteiger partial charge in [0, 0.05) is 19.5 Å². The molecule has 27 heavy (non-hydrogen) atoms. The van der Waals surface area contributed by atoms with E-state index in [0.29, 0.717) is 19.6 Å². The van der Waals surface area contributed by atoms with E-state index < -0.39 is 5.60 Å². The molecule has 0 aliphatic heterocycles. The summed E-state index contributed by atoms with van der Waals surface area (Å²) in [6.07, 6.45) is 4.45. The van der Waals surface area contributed by atoms with Crippen molar-refractivity contribution in [2.75, 3.05) is 26.2 Å². The van der Waals surface area contributed by atoms with Gasteiger partial charge in [0.05, 0.1) is 13.2 Å². The molecule has 1 unspecified atom stereocenters. The van der Waals surface area contributed by atoms with Crippen LogP contribution in [0.25, 0.3) is 0 Å². The number of hydrogen-bond acceptors (Lipinski definition) is 5. The molecular weight excluding hydrogens is 477 g/mol. The number of halogens is 1. The molecule has 1 heterocycles. The van der Waals surface area contributed by atoms with Crippen molar-refractivity contribution in [1.82, 2.24) is 10.6 Å². The number of unbranched alkanes of at least 4 members (excludes halogenated alkanes) is 3. The predicted molar refractivity (Wildman–Crippen MR) is 123 cm³/mol. The topological polar surface area (TPSA) is 83.0 Å². The average Bonchev–Trinajstić information content (AvgIpc) is 3.14. The molecule has 0 spiro atoms. The van der Waals surface area contributed by atoms with Gasteiger partial charge in [-0.25, -0.2) is 4.99 Å². The molecule has 8 heteroatoms. The van der Waals surface area contributed by atoms with Gasteiger partial charge in [-0.15, -0.1) is 24.0 Å². The molecular formula is C19H34IN3O3S. The second-order valence-corrected chi connectivity index (χ2v) is 7.16. The van der Waals surface area contributed by atoms with Crippen molar-refractivity contribution in [3.8, 4) is 0 Å². The van der Waals surface area contributed by atoms with Gasteiger partial charge in [0.2, 0.25) is 0 Å². The van der Waals surface area contributed by atoms with Gasteiger partial charge in [-0.05, 0) is 56.0 Å². The van der Waals surface area contributed by atoms with Crippen molar-refractivity contribution in [2.45, 2.75) is 58.5 Å². The van der Waals surface area contributed by atoms with Crippen molar-refractivity contribution in [1.29, 1.82) is 0 Å². The summed E-state index contributed by atoms with van der Waals surface area (Å²) in [5.74, 6) is 0.611. The number of nitrogens with one attached hydrogen (secondary N) is 2. The smallest absolute Gasteiger partial charge is 0.305 e. The van der Waals surface area contributed by atoms with Crippen LogP contribution in [0, 0.1) is 0 Å². The van der Waals surface area contributed by atoms with Crippen molar-refractivity contribution in [3.63, 3.8) is 0 Å². The highest BCUT2D eigenvalue weighted by atomic mass is 127. The summed E-state index contributed by atoms with van der Waals surface area (Å²) in [5, 5.41) is 21.0. The highest BCUT2D eigenvalue weighted by Crippen LogP contribution is 2.23. The van der Waals surface area contributed by atoms with Crippen LogP contribution in [-0.2, 0) is 15.1 Å². The van der Waals surface area contributed by atoms with E-state index in [2.05, 4.69) is 15.6 Å². The van der Waals surface area contributed by atoms with E-state index in [1.54, 1.807) is 18.3 Å². The van der Waals surface area contributed by atoms with Crippen LogP contribution in [0.5, 0.6) is 0 Å². The molecule has 0 radical (unpaired) electrons. The normalized spacial score (nSPS) is 13.4. The van der Waals surface area contributed by atoms with Crippen LogP contribution >= 0.6 is 35.3 Å². The summed E-state index contributed by atoms with van der Waals surface area (Å²) < 4.78 is 4.91. The average molecular weight is 511 g/mol. The predicted octanol–water partition coefficient (Wildman–Crippen LogP) is 3.64. The number of ether oxygens (including phenoxy) is 1. The summed E-state index contributed by atoms with van der Waals surface area (Å²) in [6.45, 7) is 7.97. The Labute approximate surface area is 184 Å². The molecule has 0 aliphatic carbocycles. The number of thiophene rings is 1. The van der Waals surface area contributed by atoms with E-state index in [-0.39, 0.29) is 29.9 Å². The fourth-order valence-corrected chi connectivity index (χ4v) is 3.21. The molecule has 0 amide bonds. The van der Waals surface area contributed by atoms with Crippen molar-refractivity contribution in [3.05, 3.63) is 22.4 Å². The second-order valence-electron chi connectivity index (χ2n) is 6.38. The molecule has 3 N–H and O–H groups in total. The van der Waals surface area contributed by atoms with Gasteiger partial charge in [-0.1, -0.05) is 12.8 Å². The molecule has 6 nitrogen and oxygen atoms in total. The lowest BCUT2D eigenvalue weighted by Crippen LogP contribution is -2.39. The Bertz CT molecular complexity index is 536. The van der Waals surface area contributed by atoms with Crippen LogP contribution in [-0.4, -0.2) is 43.3 Å². The minimum Gasteiger partial charge on any atom is -0.466 e. The fourth-order valence-electron chi connectivity index (χ4n) is 2.42. The van der Waals surface area contributed by atoms with Gasteiger partial charge < -0.3 is 20.5 Å². The molecule has 0 aromatic carbocycles. The maximum atomic E-state index is 11.3. The molecule has 1 aromatic heterocycles. The quantitative estimate of drug-likeness (QED) is 0.131. The number of guanidine groups is 1. The Kier molecular flexibility index (Phi) is 14.6. The van der Waals surface area contributed by atoms with E-state index in [4.69, 9.17) is 4.74 Å². The number of rotatable bonds is 12. The highest BCUT2D eigenvalue weighted by molar-refractivity contribution is 14.0. The monoisotopic (exact) mass is 511 g/mol. The first-order valence-electron chi connectivity index (χ1n) is 9.42. The third-order valence-electron chi connectivity index (χ3n) is 3.94. The molecule has 0 fully saturated rings. The lowest BCUT2D eigenvalue weighted by molar-refractivity contribution is -0.143. The molecule has 1 aromatic rings. The van der Waals surface area contributed by atoms with Crippen LogP contribution in [0.15, 0.2) is 21.8 Å². The molecule has 156 valence electrons. The Morgan fingerprint density at radius 3 is 2.63 bits per heavy atom. The number of carbonyl (C=O) groups excluding carboxylic acids is 1. The van der Waals surface area contributed by atoms with Gasteiger partial charge in [0.15, 0.2) is 5.96 Å². The molecule has 0 saturated heterocycles. The van der Waals surface area contributed by atoms with Gasteiger partial charge in [-0.3, -0.25) is 4.79 Å². The van der Waals surface area contributed by atoms with E-state index in [9.17, 15) is 9.90 Å². The van der Waals surface area contributed by atoms with E-state index in [1.165, 1.54) is 0 Å². The summed E-state index contributed by atoms with van der Waals surface area (Å²) in [4.78, 5) is 15.8. The van der Waals surface area contributed by atoms with E-state index in [0.717, 1.165) is 50.3 Å². The first-order valence-corrected chi connectivity index (χ1v) is 10.4. The maximum Gasteiger partial charge on any atom is 0.305 e. The lowest BCUT2D eigenvalue weighted by atomic mass is 10.00. The summed E-state index contributed by atoms with van der Waals surface area (Å²) in [6, 6.07) is 1.93. The van der Waals surface area contributed by atoms with Gasteiger partial charge in [0.25, 0.3) is 0 Å². The van der Waals surface area contributed by atoms with Gasteiger partial charge >= 0.3 is 5.97 Å². The zero-order valence-electron chi connectivity index (χ0n) is 16.6. The number of esters is 1. The van der Waals surface area contributed by atoms with Gasteiger partial charge in [-0.2, -0.15) is 11.3 Å². The van der Waals surface area contributed by atoms with Crippen molar-refractivity contribution >= 4 is 47.2 Å². The van der Waals surface area contributed by atoms with Crippen LogP contribution < -0.4 is 10.6 Å². The number of carbonyl (C=O) groups is 1. The first-order chi connectivity index (χ1) is 12.5. The Hall–Kier alpha value is -0.870. The van der Waals surface area contributed by atoms with Crippen LogP contribution in [0.4, 0.5) is 0 Å². The molecule has 0 bridgehead atoms. The summed E-state index contributed by atoms with van der Waals surface area (Å²) in [7, 11) is 0. The molecule has 0 aliphatic rings. The number of nitrogens with zero attached hydrogens (tertiary/aromatic N) is 1. The first kappa shape index (κ1) is 26.1. The Morgan fingerprint density at radius 2 is 2.00 bits per heavy atom. The third kappa shape index (κ3) is 11.5. The minimum atomic E-state index is -0.963. The molecule has 1 atom stereocenters. The largest absolute Gasteiger partial charge is 0.466 e. The number of aliphatic hydroxyl groups is 1. The fraction of sp³-hybridized carbons (Fsp3) is 0.684. The molecule has 0 saturated carbocycles. The molecule has 1 rings (SSSR count). The second kappa shape index (κ2) is 15.1. The number of aliphatic imine (C=N–C) groups is 1. The Morgan fingerprint density at radius 1 is 1.26 bits per heavy atom. The van der Waals surface area contributed by atoms with E-state index >= 15 is 0 Å². The van der Waals surface area contributed by atoms with Gasteiger partial charge in [0.1, 0.15) is 5.60 Å². The minimum absolute atomic E-state index is 0. The van der Waals surface area contributed by atoms with Crippen LogP contribution in [0.2, 0.25) is 0 Å². The van der Waals surface area contributed by atoms with Crippen LogP contribution in [0.3, 0.4) is 0 Å². The van der Waals surface area contributed by atoms with Crippen LogP contribution in [0.1, 0.15) is 58.4 Å². The highest BCUT2D eigenvalue weighted by Gasteiger charge is 2.23. The zero-order valence-corrected chi connectivity index (χ0v) is 19.8. The standard InChI is InChI=1S/C19H33N3O3S.HI/c1-4-20-18(22-15-19(3,24)16-11-13-26-14-16)21-12-9-7-6-8-10-17(23)25-5-2;/h11,13-14,24H,4-10,12,15H2,1-3H3,(H2,20,21,22);1H. The summed E-state index contributed by atoms with van der Waals surface area (Å²) in [5.41, 5.74) is -0.0705. The van der Waals surface area contributed by atoms with Crippen molar-refractivity contribution in [2.24, 2.45) is 4.99 Å². The Balaban J connectivity index is 0.00000676. The zero-order chi connectivity index (χ0) is 19.3. The number of hydrogen-bond donors (Lipinski definition) is 3. The lowest BCUT2D eigenvalue weighted by Gasteiger charge is -2.21.